The zero-order valence-corrected chi connectivity index (χ0v) is 6.63. The number of carboxylic acids is 2. The molecule has 0 aromatic rings. The van der Waals surface area contributed by atoms with Crippen LogP contribution >= 0.6 is 0 Å². The van der Waals surface area contributed by atoms with Crippen molar-refractivity contribution in [1.82, 2.24) is 0 Å². The maximum atomic E-state index is 10.1. The fourth-order valence-corrected chi connectivity index (χ4v) is 0.752. The van der Waals surface area contributed by atoms with E-state index in [1.54, 1.807) is 0 Å². The second kappa shape index (κ2) is 3.20. The molecule has 1 rings (SSSR count). The average Bonchev–Trinajstić information content (AvgIpc) is 2.78. The maximum absolute atomic E-state index is 10.1. The van der Waals surface area contributed by atoms with Crippen LogP contribution in [0.1, 0.15) is 12.8 Å². The molecule has 66 valence electrons. The fraction of sp³-hybridized carbons (Fsp3) is 0.333. The predicted molar refractivity (Wildman–Crippen MR) is 42.5 cm³/mol. The van der Waals surface area contributed by atoms with E-state index >= 15 is 0 Å². The van der Waals surface area contributed by atoms with Crippen molar-refractivity contribution in [2.45, 2.75) is 12.8 Å². The highest BCUT2D eigenvalue weighted by molar-refractivity contribution is 5.88. The summed E-state index contributed by atoms with van der Waals surface area (Å²) < 4.78 is 0. The summed E-state index contributed by atoms with van der Waals surface area (Å²) in [6.45, 7) is 0. The van der Waals surface area contributed by atoms with Gasteiger partial charge >= 0.3 is 11.9 Å². The second-order valence-corrected chi connectivity index (χ2v) is 2.69. The molecule has 0 aromatic carbocycles. The minimum Gasteiger partial charge on any atom is -0.472 e. The lowest BCUT2D eigenvalue weighted by Gasteiger charge is -1.90. The Bertz CT molecular complexity index is 334. The van der Waals surface area contributed by atoms with Crippen LogP contribution in [0.25, 0.3) is 0 Å². The summed E-state index contributed by atoms with van der Waals surface area (Å²) in [5, 5.41) is 16.5. The summed E-state index contributed by atoms with van der Waals surface area (Å²) in [6.07, 6.45) is 1.29. The van der Waals surface area contributed by atoms with Gasteiger partial charge in [0.1, 0.15) is 0 Å². The van der Waals surface area contributed by atoms with E-state index < -0.39 is 17.4 Å². The van der Waals surface area contributed by atoms with Crippen molar-refractivity contribution in [3.05, 3.63) is 0 Å². The summed E-state index contributed by atoms with van der Waals surface area (Å²) in [5.41, 5.74) is -0.670. The van der Waals surface area contributed by atoms with Gasteiger partial charge in [-0.05, 0) is 12.8 Å². The van der Waals surface area contributed by atoms with Crippen molar-refractivity contribution in [2.24, 2.45) is 5.41 Å². The summed E-state index contributed by atoms with van der Waals surface area (Å²) in [4.78, 5) is 20.1. The molecular formula is C9H6O4. The van der Waals surface area contributed by atoms with Crippen LogP contribution in [0.4, 0.5) is 0 Å². The topological polar surface area (TPSA) is 74.6 Å². The van der Waals surface area contributed by atoms with Crippen LogP contribution in [0, 0.1) is 29.1 Å². The molecule has 0 aromatic heterocycles. The largest absolute Gasteiger partial charge is 0.472 e. The van der Waals surface area contributed by atoms with Gasteiger partial charge in [0.05, 0.1) is 5.41 Å². The lowest BCUT2D eigenvalue weighted by Crippen LogP contribution is -1.96. The highest BCUT2D eigenvalue weighted by atomic mass is 16.4. The predicted octanol–water partition coefficient (Wildman–Crippen LogP) is -0.0574. The first-order valence-electron chi connectivity index (χ1n) is 3.56. The molecule has 0 unspecified atom stereocenters. The van der Waals surface area contributed by atoms with Crippen LogP contribution in [0.2, 0.25) is 0 Å². The highest BCUT2D eigenvalue weighted by Gasteiger charge is 2.39. The molecule has 1 aliphatic carbocycles. The molecule has 0 bridgehead atoms. The van der Waals surface area contributed by atoms with Crippen molar-refractivity contribution >= 4 is 11.9 Å². The number of aliphatic carboxylic acids is 2. The second-order valence-electron chi connectivity index (χ2n) is 2.69. The third kappa shape index (κ3) is 2.88. The summed E-state index contributed by atoms with van der Waals surface area (Å²) in [5.74, 6) is 6.33. The van der Waals surface area contributed by atoms with E-state index in [4.69, 9.17) is 10.2 Å². The monoisotopic (exact) mass is 178 g/mol. The first-order chi connectivity index (χ1) is 6.04. The summed E-state index contributed by atoms with van der Waals surface area (Å²) >= 11 is 0. The third-order valence-corrected chi connectivity index (χ3v) is 1.57. The van der Waals surface area contributed by atoms with Gasteiger partial charge in [-0.2, -0.15) is 0 Å². The van der Waals surface area contributed by atoms with E-state index in [-0.39, 0.29) is 0 Å². The van der Waals surface area contributed by atoms with Gasteiger partial charge in [0.25, 0.3) is 0 Å². The van der Waals surface area contributed by atoms with Gasteiger partial charge in [-0.25, -0.2) is 9.59 Å². The first-order valence-corrected chi connectivity index (χ1v) is 3.56. The van der Waals surface area contributed by atoms with Crippen molar-refractivity contribution in [2.75, 3.05) is 0 Å². The molecule has 2 N–H and O–H groups in total. The molecule has 1 fully saturated rings. The molecule has 13 heavy (non-hydrogen) atoms. The SMILES string of the molecule is O=C(O)C#CC1(C#CC(=O)O)CC1. The quantitative estimate of drug-likeness (QED) is 0.510. The van der Waals surface area contributed by atoms with E-state index in [2.05, 4.69) is 11.8 Å². The zero-order valence-electron chi connectivity index (χ0n) is 6.63. The molecule has 0 atom stereocenters. The summed E-state index contributed by atoms with van der Waals surface area (Å²) in [7, 11) is 0. The van der Waals surface area contributed by atoms with E-state index in [1.807, 2.05) is 11.8 Å². The van der Waals surface area contributed by atoms with Gasteiger partial charge in [0.15, 0.2) is 0 Å². The fourth-order valence-electron chi connectivity index (χ4n) is 0.752. The third-order valence-electron chi connectivity index (χ3n) is 1.57. The Morgan fingerprint density at radius 1 is 1.00 bits per heavy atom. The molecule has 0 saturated heterocycles. The molecule has 0 aliphatic heterocycles. The number of carboxylic acid groups (broad SMARTS) is 2. The smallest absolute Gasteiger partial charge is 0.381 e. The van der Waals surface area contributed by atoms with Crippen LogP contribution in [0.3, 0.4) is 0 Å². The van der Waals surface area contributed by atoms with Gasteiger partial charge < -0.3 is 10.2 Å². The highest BCUT2D eigenvalue weighted by Crippen LogP contribution is 2.44. The van der Waals surface area contributed by atoms with E-state index in [1.165, 1.54) is 0 Å². The molecule has 1 aliphatic rings. The van der Waals surface area contributed by atoms with Gasteiger partial charge in [-0.3, -0.25) is 0 Å². The maximum Gasteiger partial charge on any atom is 0.381 e. The minimum absolute atomic E-state index is 0.646. The molecule has 4 heteroatoms. The van der Waals surface area contributed by atoms with Gasteiger partial charge in [0.2, 0.25) is 0 Å². The Labute approximate surface area is 74.6 Å². The Morgan fingerprint density at radius 3 is 1.62 bits per heavy atom. The molecule has 0 heterocycles. The summed E-state index contributed by atoms with van der Waals surface area (Å²) in [6, 6.07) is 0. The lowest BCUT2D eigenvalue weighted by atomic mass is 10.1. The molecular weight excluding hydrogens is 172 g/mol. The Kier molecular flexibility index (Phi) is 2.25. The number of carbonyl (C=O) groups is 2. The van der Waals surface area contributed by atoms with E-state index in [0.29, 0.717) is 12.8 Å². The van der Waals surface area contributed by atoms with Crippen LogP contribution in [0.5, 0.6) is 0 Å². The Hall–Kier alpha value is -1.94. The van der Waals surface area contributed by atoms with E-state index in [9.17, 15) is 9.59 Å². The molecule has 0 radical (unpaired) electrons. The molecule has 1 saturated carbocycles. The minimum atomic E-state index is -1.22. The number of hydrogen-bond donors (Lipinski definition) is 2. The van der Waals surface area contributed by atoms with Gasteiger partial charge in [-0.1, -0.05) is 11.8 Å². The average molecular weight is 178 g/mol. The molecule has 4 nitrogen and oxygen atoms in total. The molecule has 0 amide bonds. The number of hydrogen-bond acceptors (Lipinski definition) is 2. The molecule has 0 spiro atoms. The van der Waals surface area contributed by atoms with E-state index in [0.717, 1.165) is 0 Å². The van der Waals surface area contributed by atoms with Gasteiger partial charge in [0, 0.05) is 11.8 Å². The lowest BCUT2D eigenvalue weighted by molar-refractivity contribution is -0.131. The van der Waals surface area contributed by atoms with Crippen LogP contribution in [-0.2, 0) is 9.59 Å². The van der Waals surface area contributed by atoms with Crippen LogP contribution in [0.15, 0.2) is 0 Å². The Balaban J connectivity index is 2.72. The van der Waals surface area contributed by atoms with Gasteiger partial charge in [-0.15, -0.1) is 0 Å². The Morgan fingerprint density at radius 2 is 1.38 bits per heavy atom. The van der Waals surface area contributed by atoms with Crippen molar-refractivity contribution in [3.63, 3.8) is 0 Å². The first kappa shape index (κ1) is 9.15. The zero-order chi connectivity index (χ0) is 9.90. The van der Waals surface area contributed by atoms with Crippen molar-refractivity contribution in [1.29, 1.82) is 0 Å². The van der Waals surface area contributed by atoms with Crippen molar-refractivity contribution in [3.8, 4) is 23.7 Å². The van der Waals surface area contributed by atoms with Crippen LogP contribution < -0.4 is 0 Å². The van der Waals surface area contributed by atoms with Crippen LogP contribution in [-0.4, -0.2) is 22.2 Å². The van der Waals surface area contributed by atoms with Crippen molar-refractivity contribution < 1.29 is 19.8 Å². The normalized spacial score (nSPS) is 15.7. The standard InChI is InChI=1S/C9H6O4/c10-7(11)1-3-9(5-6-9)4-2-8(12)13/h5-6H2,(H,10,11)(H,12,13). The number of rotatable bonds is 0.